The molecule has 1 N–H and O–H groups in total. The van der Waals surface area contributed by atoms with Gasteiger partial charge in [0.2, 0.25) is 0 Å². The third kappa shape index (κ3) is 1.87. The molecule has 0 fully saturated rings. The minimum Gasteiger partial charge on any atom is -0.465 e. The molecule has 0 saturated heterocycles. The Hall–Kier alpha value is -2.63. The number of Topliss-reactive ketones (excluding diaryl/α,β-unsaturated/α-hetero) is 1. The number of amides is 1. The van der Waals surface area contributed by atoms with Crippen molar-refractivity contribution in [2.45, 2.75) is 6.54 Å². The van der Waals surface area contributed by atoms with Gasteiger partial charge in [-0.2, -0.15) is 5.10 Å². The minimum atomic E-state index is -1.10. The highest BCUT2D eigenvalue weighted by Gasteiger charge is 2.29. The molecule has 2 aromatic rings. The lowest BCUT2D eigenvalue weighted by molar-refractivity contribution is 0.0871. The van der Waals surface area contributed by atoms with E-state index in [1.54, 1.807) is 4.68 Å². The highest BCUT2D eigenvalue weighted by atomic mass is 16.4. The van der Waals surface area contributed by atoms with Gasteiger partial charge in [-0.25, -0.2) is 9.48 Å². The SMILES string of the molecule is O=C1CN(C(=O)O)Cc2c1cnn2-c1ccccc1. The molecule has 1 aromatic heterocycles. The molecule has 1 aliphatic heterocycles. The number of para-hydroxylation sites is 1. The Labute approximate surface area is 108 Å². The highest BCUT2D eigenvalue weighted by Crippen LogP contribution is 2.21. The Morgan fingerprint density at radius 1 is 1.21 bits per heavy atom. The molecule has 0 atom stereocenters. The number of ketones is 1. The predicted molar refractivity (Wildman–Crippen MR) is 66.3 cm³/mol. The normalized spacial score (nSPS) is 14.3. The average molecular weight is 257 g/mol. The first-order chi connectivity index (χ1) is 9.16. The van der Waals surface area contributed by atoms with E-state index in [0.29, 0.717) is 11.3 Å². The lowest BCUT2D eigenvalue weighted by Gasteiger charge is -2.24. The van der Waals surface area contributed by atoms with Crippen molar-refractivity contribution in [3.63, 3.8) is 0 Å². The summed E-state index contributed by atoms with van der Waals surface area (Å²) in [6.07, 6.45) is 0.406. The predicted octanol–water partition coefficient (Wildman–Crippen LogP) is 1.55. The van der Waals surface area contributed by atoms with Crippen LogP contribution in [0.25, 0.3) is 5.69 Å². The number of carbonyl (C=O) groups is 2. The summed E-state index contributed by atoms with van der Waals surface area (Å²) in [5, 5.41) is 13.2. The summed E-state index contributed by atoms with van der Waals surface area (Å²) >= 11 is 0. The highest BCUT2D eigenvalue weighted by molar-refractivity contribution is 6.00. The Bertz CT molecular complexity index is 648. The van der Waals surface area contributed by atoms with E-state index in [1.807, 2.05) is 30.3 Å². The second-order valence-electron chi connectivity index (χ2n) is 4.31. The van der Waals surface area contributed by atoms with Crippen LogP contribution in [-0.4, -0.2) is 38.2 Å². The minimum absolute atomic E-state index is 0.108. The van der Waals surface area contributed by atoms with Gasteiger partial charge in [0, 0.05) is 0 Å². The quantitative estimate of drug-likeness (QED) is 0.841. The Morgan fingerprint density at radius 3 is 2.63 bits per heavy atom. The zero-order chi connectivity index (χ0) is 13.4. The number of nitrogens with zero attached hydrogens (tertiary/aromatic N) is 3. The molecule has 1 aliphatic rings. The summed E-state index contributed by atoms with van der Waals surface area (Å²) in [5.41, 5.74) is 1.93. The Balaban J connectivity index is 2.08. The fraction of sp³-hybridized carbons (Fsp3) is 0.154. The molecule has 0 unspecified atom stereocenters. The van der Waals surface area contributed by atoms with Gasteiger partial charge in [-0.15, -0.1) is 0 Å². The van der Waals surface area contributed by atoms with Gasteiger partial charge >= 0.3 is 6.09 Å². The molecule has 0 spiro atoms. The fourth-order valence-corrected chi connectivity index (χ4v) is 2.18. The second-order valence-corrected chi connectivity index (χ2v) is 4.31. The van der Waals surface area contributed by atoms with Crippen molar-refractivity contribution in [2.24, 2.45) is 0 Å². The molecule has 6 nitrogen and oxygen atoms in total. The number of carbonyl (C=O) groups excluding carboxylic acids is 1. The molecular formula is C13H11N3O3. The van der Waals surface area contributed by atoms with Gasteiger partial charge in [0.1, 0.15) is 0 Å². The first-order valence-corrected chi connectivity index (χ1v) is 5.80. The van der Waals surface area contributed by atoms with Crippen molar-refractivity contribution < 1.29 is 14.7 Å². The summed E-state index contributed by atoms with van der Waals surface area (Å²) < 4.78 is 1.61. The smallest absolute Gasteiger partial charge is 0.408 e. The van der Waals surface area contributed by atoms with Crippen LogP contribution in [0.1, 0.15) is 16.1 Å². The molecule has 19 heavy (non-hydrogen) atoms. The van der Waals surface area contributed by atoms with Crippen LogP contribution < -0.4 is 0 Å². The molecule has 0 saturated carbocycles. The van der Waals surface area contributed by atoms with E-state index >= 15 is 0 Å². The van der Waals surface area contributed by atoms with Crippen molar-refractivity contribution in [2.75, 3.05) is 6.54 Å². The third-order valence-corrected chi connectivity index (χ3v) is 3.12. The van der Waals surface area contributed by atoms with Crippen LogP contribution in [0.3, 0.4) is 0 Å². The van der Waals surface area contributed by atoms with Gasteiger partial charge in [-0.05, 0) is 12.1 Å². The van der Waals surface area contributed by atoms with Gasteiger partial charge in [0.25, 0.3) is 0 Å². The zero-order valence-electron chi connectivity index (χ0n) is 9.98. The van der Waals surface area contributed by atoms with Crippen LogP contribution in [0.5, 0.6) is 0 Å². The number of rotatable bonds is 1. The van der Waals surface area contributed by atoms with Gasteiger partial charge < -0.3 is 5.11 Å². The maximum Gasteiger partial charge on any atom is 0.408 e. The number of carboxylic acid groups (broad SMARTS) is 1. The number of hydrogen-bond acceptors (Lipinski definition) is 3. The van der Waals surface area contributed by atoms with Crippen molar-refractivity contribution in [1.29, 1.82) is 0 Å². The van der Waals surface area contributed by atoms with E-state index < -0.39 is 6.09 Å². The van der Waals surface area contributed by atoms with E-state index in [0.717, 1.165) is 10.6 Å². The first-order valence-electron chi connectivity index (χ1n) is 5.80. The molecule has 0 aliphatic carbocycles. The second kappa shape index (κ2) is 4.24. The lowest BCUT2D eigenvalue weighted by atomic mass is 10.1. The largest absolute Gasteiger partial charge is 0.465 e. The molecule has 6 heteroatoms. The van der Waals surface area contributed by atoms with E-state index in [1.165, 1.54) is 6.20 Å². The van der Waals surface area contributed by atoms with Crippen LogP contribution in [0.2, 0.25) is 0 Å². The molecule has 96 valence electrons. The molecule has 1 aromatic carbocycles. The van der Waals surface area contributed by atoms with E-state index in [9.17, 15) is 9.59 Å². The number of fused-ring (bicyclic) bond motifs is 1. The van der Waals surface area contributed by atoms with Crippen LogP contribution in [0, 0.1) is 0 Å². The lowest BCUT2D eigenvalue weighted by Crippen LogP contribution is -2.39. The fourth-order valence-electron chi connectivity index (χ4n) is 2.18. The molecule has 0 radical (unpaired) electrons. The molecule has 2 heterocycles. The van der Waals surface area contributed by atoms with E-state index in [4.69, 9.17) is 5.11 Å². The summed E-state index contributed by atoms with van der Waals surface area (Å²) in [5.74, 6) is -0.217. The molecule has 0 bridgehead atoms. The summed E-state index contributed by atoms with van der Waals surface area (Å²) in [6.45, 7) is 0.0636. The van der Waals surface area contributed by atoms with Crippen LogP contribution in [0.4, 0.5) is 4.79 Å². The maximum atomic E-state index is 11.9. The van der Waals surface area contributed by atoms with Gasteiger partial charge in [-0.1, -0.05) is 18.2 Å². The van der Waals surface area contributed by atoms with Crippen LogP contribution in [-0.2, 0) is 6.54 Å². The number of benzene rings is 1. The van der Waals surface area contributed by atoms with E-state index in [-0.39, 0.29) is 18.9 Å². The first kappa shape index (κ1) is 11.5. The van der Waals surface area contributed by atoms with Gasteiger partial charge in [-0.3, -0.25) is 9.69 Å². The Morgan fingerprint density at radius 2 is 1.95 bits per heavy atom. The summed E-state index contributed by atoms with van der Waals surface area (Å²) in [4.78, 5) is 24.0. The summed E-state index contributed by atoms with van der Waals surface area (Å²) in [7, 11) is 0. The zero-order valence-corrected chi connectivity index (χ0v) is 9.98. The van der Waals surface area contributed by atoms with Crippen molar-refractivity contribution >= 4 is 11.9 Å². The Kier molecular flexibility index (Phi) is 2.56. The monoisotopic (exact) mass is 257 g/mol. The van der Waals surface area contributed by atoms with Crippen molar-refractivity contribution in [1.82, 2.24) is 14.7 Å². The van der Waals surface area contributed by atoms with Crippen molar-refractivity contribution in [3.05, 3.63) is 47.8 Å². The maximum absolute atomic E-state index is 11.9. The van der Waals surface area contributed by atoms with Crippen LogP contribution in [0.15, 0.2) is 36.5 Å². The standard InChI is InChI=1S/C13H11N3O3/c17-12-8-15(13(18)19)7-11-10(12)6-14-16(11)9-4-2-1-3-5-9/h1-6H,7-8H2,(H,18,19). The molecular weight excluding hydrogens is 246 g/mol. The molecule has 1 amide bonds. The van der Waals surface area contributed by atoms with Crippen molar-refractivity contribution in [3.8, 4) is 5.69 Å². The van der Waals surface area contributed by atoms with Gasteiger partial charge in [0.15, 0.2) is 5.78 Å². The van der Waals surface area contributed by atoms with Gasteiger partial charge in [0.05, 0.1) is 36.2 Å². The van der Waals surface area contributed by atoms with Crippen LogP contribution >= 0.6 is 0 Å². The third-order valence-electron chi connectivity index (χ3n) is 3.12. The summed E-state index contributed by atoms with van der Waals surface area (Å²) in [6, 6.07) is 9.33. The average Bonchev–Trinajstić information content (AvgIpc) is 2.84. The topological polar surface area (TPSA) is 75.4 Å². The van der Waals surface area contributed by atoms with E-state index in [2.05, 4.69) is 5.10 Å². The number of hydrogen-bond donors (Lipinski definition) is 1. The number of aromatic nitrogens is 2. The molecule has 3 rings (SSSR count).